The molecule has 9 heavy (non-hydrogen) atoms. The highest BCUT2D eigenvalue weighted by Crippen LogP contribution is 2.35. The maximum Gasteiger partial charge on any atom is 0.355 e. The van der Waals surface area contributed by atoms with E-state index in [0.29, 0.717) is 0 Å². The molecule has 0 aliphatic carbocycles. The van der Waals surface area contributed by atoms with E-state index in [1.54, 1.807) is 0 Å². The van der Waals surface area contributed by atoms with Crippen molar-refractivity contribution in [1.82, 2.24) is 0 Å². The lowest BCUT2D eigenvalue weighted by Crippen LogP contribution is -1.82. The molecule has 2 N–H and O–H groups in total. The number of hydrogen-bond acceptors (Lipinski definition) is 3. The third-order valence-electron chi connectivity index (χ3n) is 0.383. The van der Waals surface area contributed by atoms with Crippen molar-refractivity contribution in [1.29, 1.82) is 0 Å². The van der Waals surface area contributed by atoms with Gasteiger partial charge in [0.25, 0.3) is 0 Å². The molecule has 0 heterocycles. The molecule has 0 unspecified atom stereocenters. The summed E-state index contributed by atoms with van der Waals surface area (Å²) < 4.78 is 9.84. The van der Waals surface area contributed by atoms with Gasteiger partial charge in [-0.3, -0.25) is 14.7 Å². The Balaban J connectivity index is 4.02. The molecule has 0 aromatic carbocycles. The number of hydrogen-bond donors (Lipinski definition) is 2. The van der Waals surface area contributed by atoms with Gasteiger partial charge < -0.3 is 9.79 Å². The third kappa shape index (κ3) is 7.29. The highest BCUT2D eigenvalue weighted by Gasteiger charge is 2.07. The minimum absolute atomic E-state index is 0.209. The fourth-order valence-electron chi connectivity index (χ4n) is 0.141. The zero-order valence-corrected chi connectivity index (χ0v) is 5.06. The Hall–Kier alpha value is -0.710. The summed E-state index contributed by atoms with van der Waals surface area (Å²) in [6.07, 6.45) is 0.209. The summed E-state index contributed by atoms with van der Waals surface area (Å²) in [5.74, 6) is 0.229. The molecule has 0 radical (unpaired) electrons. The van der Waals surface area contributed by atoms with Gasteiger partial charge in [-0.25, -0.2) is 0 Å². The van der Waals surface area contributed by atoms with Crippen LogP contribution in [0.3, 0.4) is 0 Å². The molecule has 0 saturated heterocycles. The molecule has 0 bridgehead atoms. The summed E-state index contributed by atoms with van der Waals surface area (Å²) in [5.41, 5.74) is 0. The van der Waals surface area contributed by atoms with Crippen molar-refractivity contribution in [3.05, 3.63) is 22.1 Å². The number of nitro groups is 1. The second-order valence-electron chi connectivity index (χ2n) is 1.17. The van der Waals surface area contributed by atoms with E-state index in [0.717, 1.165) is 0 Å². The SMILES string of the molecule is O=[N+]([O-])/C=C/P(=O)(O)O. The highest BCUT2D eigenvalue weighted by atomic mass is 31.2. The van der Waals surface area contributed by atoms with Gasteiger partial charge in [-0.1, -0.05) is 0 Å². The van der Waals surface area contributed by atoms with Crippen molar-refractivity contribution < 1.29 is 19.3 Å². The standard InChI is InChI=1S/C2H4NO5P/c4-3(5)1-2-9(6,7)8/h1-2H,(H2,6,7,8)/b2-1+. The summed E-state index contributed by atoms with van der Waals surface area (Å²) in [6, 6.07) is 0. The van der Waals surface area contributed by atoms with Crippen LogP contribution in [0.5, 0.6) is 0 Å². The molecule has 6 nitrogen and oxygen atoms in total. The molecule has 7 heteroatoms. The summed E-state index contributed by atoms with van der Waals surface area (Å²) in [6.45, 7) is 0. The van der Waals surface area contributed by atoms with Gasteiger partial charge in [0.2, 0.25) is 6.20 Å². The molecular weight excluding hydrogens is 149 g/mol. The summed E-state index contributed by atoms with van der Waals surface area (Å²) in [5, 5.41) is 9.42. The van der Waals surface area contributed by atoms with Crippen molar-refractivity contribution in [3.63, 3.8) is 0 Å². The van der Waals surface area contributed by atoms with Crippen LogP contribution < -0.4 is 0 Å². The maximum absolute atomic E-state index is 9.84. The first kappa shape index (κ1) is 8.29. The van der Waals surface area contributed by atoms with Gasteiger partial charge in [0, 0.05) is 0 Å². The number of nitrogens with zero attached hydrogens (tertiary/aromatic N) is 1. The average molecular weight is 153 g/mol. The molecule has 0 aromatic heterocycles. The first-order valence-electron chi connectivity index (χ1n) is 1.80. The van der Waals surface area contributed by atoms with Crippen LogP contribution in [0.15, 0.2) is 12.0 Å². The van der Waals surface area contributed by atoms with Gasteiger partial charge in [0.15, 0.2) is 0 Å². The summed E-state index contributed by atoms with van der Waals surface area (Å²) in [7, 11) is -4.34. The zero-order valence-electron chi connectivity index (χ0n) is 4.17. The van der Waals surface area contributed by atoms with E-state index in [2.05, 4.69) is 0 Å². The predicted octanol–water partition coefficient (Wildman–Crippen LogP) is -0.0880. The highest BCUT2D eigenvalue weighted by molar-refractivity contribution is 7.55. The largest absolute Gasteiger partial charge is 0.355 e. The van der Waals surface area contributed by atoms with Crippen LogP contribution in [0.1, 0.15) is 0 Å². The van der Waals surface area contributed by atoms with Crippen LogP contribution in [0.25, 0.3) is 0 Å². The normalized spacial score (nSPS) is 12.2. The smallest absolute Gasteiger partial charge is 0.321 e. The lowest BCUT2D eigenvalue weighted by Gasteiger charge is -1.88. The topological polar surface area (TPSA) is 101 Å². The Labute approximate surface area is 50.1 Å². The van der Waals surface area contributed by atoms with Gasteiger partial charge >= 0.3 is 7.60 Å². The van der Waals surface area contributed by atoms with E-state index >= 15 is 0 Å². The fraction of sp³-hybridized carbons (Fsp3) is 0. The minimum Gasteiger partial charge on any atom is -0.321 e. The molecule has 0 fully saturated rings. The van der Waals surface area contributed by atoms with Crippen molar-refractivity contribution in [2.45, 2.75) is 0 Å². The van der Waals surface area contributed by atoms with E-state index in [4.69, 9.17) is 9.79 Å². The molecule has 0 aliphatic rings. The van der Waals surface area contributed by atoms with Crippen molar-refractivity contribution in [2.75, 3.05) is 0 Å². The molecule has 0 saturated carbocycles. The van der Waals surface area contributed by atoms with E-state index in [9.17, 15) is 14.7 Å². The molecule has 0 atom stereocenters. The van der Waals surface area contributed by atoms with Crippen LogP contribution >= 0.6 is 7.60 Å². The Morgan fingerprint density at radius 3 is 2.11 bits per heavy atom. The molecule has 0 spiro atoms. The van der Waals surface area contributed by atoms with E-state index < -0.39 is 12.5 Å². The Kier molecular flexibility index (Phi) is 2.51. The van der Waals surface area contributed by atoms with Gasteiger partial charge in [0.05, 0.1) is 10.7 Å². The van der Waals surface area contributed by atoms with Crippen LogP contribution in [-0.2, 0) is 4.57 Å². The van der Waals surface area contributed by atoms with E-state index in [1.165, 1.54) is 0 Å². The monoisotopic (exact) mass is 153 g/mol. The van der Waals surface area contributed by atoms with Gasteiger partial charge in [0.1, 0.15) is 0 Å². The molecule has 0 amide bonds. The van der Waals surface area contributed by atoms with Crippen molar-refractivity contribution >= 4 is 7.60 Å². The van der Waals surface area contributed by atoms with Crippen molar-refractivity contribution in [3.8, 4) is 0 Å². The quantitative estimate of drug-likeness (QED) is 0.328. The average Bonchev–Trinajstić information content (AvgIpc) is 1.59. The lowest BCUT2D eigenvalue weighted by molar-refractivity contribution is -0.402. The Morgan fingerprint density at radius 2 is 2.00 bits per heavy atom. The summed E-state index contributed by atoms with van der Waals surface area (Å²) >= 11 is 0. The second-order valence-corrected chi connectivity index (χ2v) is 2.65. The number of rotatable bonds is 2. The van der Waals surface area contributed by atoms with E-state index in [-0.39, 0.29) is 12.0 Å². The summed E-state index contributed by atoms with van der Waals surface area (Å²) in [4.78, 5) is 24.4. The maximum atomic E-state index is 9.84. The minimum atomic E-state index is -4.34. The zero-order chi connectivity index (χ0) is 7.49. The predicted molar refractivity (Wildman–Crippen MR) is 28.2 cm³/mol. The van der Waals surface area contributed by atoms with Gasteiger partial charge in [-0.05, 0) is 0 Å². The fourth-order valence-corrected chi connectivity index (χ4v) is 0.424. The molecule has 52 valence electrons. The van der Waals surface area contributed by atoms with E-state index in [1.807, 2.05) is 0 Å². The van der Waals surface area contributed by atoms with Crippen LogP contribution in [0.4, 0.5) is 0 Å². The van der Waals surface area contributed by atoms with Gasteiger partial charge in [-0.15, -0.1) is 0 Å². The van der Waals surface area contributed by atoms with Crippen LogP contribution in [-0.4, -0.2) is 14.7 Å². The molecule has 0 aromatic rings. The van der Waals surface area contributed by atoms with Crippen molar-refractivity contribution in [2.24, 2.45) is 0 Å². The molecule has 0 rings (SSSR count). The first-order chi connectivity index (χ1) is 3.92. The molecule has 0 aliphatic heterocycles. The van der Waals surface area contributed by atoms with Gasteiger partial charge in [-0.2, -0.15) is 0 Å². The second kappa shape index (κ2) is 2.72. The molecular formula is C2H4NO5P. The lowest BCUT2D eigenvalue weighted by atomic mass is 11.1. The first-order valence-corrected chi connectivity index (χ1v) is 3.48. The van der Waals surface area contributed by atoms with Crippen LogP contribution in [0.2, 0.25) is 0 Å². The van der Waals surface area contributed by atoms with Crippen LogP contribution in [0, 0.1) is 10.1 Å². The Morgan fingerprint density at radius 1 is 1.56 bits per heavy atom. The Bertz CT molecular complexity index is 179. The third-order valence-corrected chi connectivity index (χ3v) is 0.904.